The van der Waals surface area contributed by atoms with Gasteiger partial charge in [-0.15, -0.1) is 0 Å². The summed E-state index contributed by atoms with van der Waals surface area (Å²) in [5.74, 6) is -15.1. The zero-order valence-electron chi connectivity index (χ0n) is 22.5. The normalized spacial score (nSPS) is 17.6. The maximum Gasteiger partial charge on any atom is 0.523 e. The molecule has 0 unspecified atom stereocenters. The molecule has 0 amide bonds. The van der Waals surface area contributed by atoms with E-state index in [0.717, 1.165) is 12.1 Å². The van der Waals surface area contributed by atoms with Crippen LogP contribution in [0.2, 0.25) is 0 Å². The first-order valence-electron chi connectivity index (χ1n) is 11.7. The molecule has 2 aromatic rings. The van der Waals surface area contributed by atoms with Gasteiger partial charge < -0.3 is 0 Å². The van der Waals surface area contributed by atoms with Crippen molar-refractivity contribution in [2.45, 2.75) is 90.9 Å². The van der Waals surface area contributed by atoms with Gasteiger partial charge in [-0.1, -0.05) is 65.8 Å². The average Bonchev–Trinajstić information content (AvgIpc) is 3.06. The lowest BCUT2D eigenvalue weighted by molar-refractivity contribution is -0.382. The molecule has 3 rings (SSSR count). The maximum absolute atomic E-state index is 16.3. The molecule has 0 radical (unpaired) electrons. The molecule has 1 heterocycles. The van der Waals surface area contributed by atoms with Crippen LogP contribution >= 0.6 is 10.3 Å². The predicted octanol–water partition coefficient (Wildman–Crippen LogP) is 9.69. The number of alkyl halides is 12. The van der Waals surface area contributed by atoms with Crippen LogP contribution in [0.1, 0.15) is 52.7 Å². The highest BCUT2D eigenvalue weighted by molar-refractivity contribution is 8.34. The molecule has 0 N–H and O–H groups in total. The summed E-state index contributed by atoms with van der Waals surface area (Å²) in [5.41, 5.74) is -10.2. The Bertz CT molecular complexity index is 1430. The van der Waals surface area contributed by atoms with Crippen LogP contribution in [0.4, 0.5) is 52.7 Å². The van der Waals surface area contributed by atoms with Crippen molar-refractivity contribution < 1.29 is 64.7 Å². The standard InChI is InChI=1S/C25H24F12O3S2/c1-19(2,3)13-7-9-15-16-10-8-14(20(4,5)6)12-18(16)41(17(15)11-13,40-42(38,39)25(35,36)37)24(33,34)22(28,29)21(26,27)23(30,31)32/h7-12H,1-6H3. The van der Waals surface area contributed by atoms with E-state index in [9.17, 15) is 43.5 Å². The van der Waals surface area contributed by atoms with Gasteiger partial charge in [-0.2, -0.15) is 64.7 Å². The largest absolute Gasteiger partial charge is 0.523 e. The molecule has 17 heteroatoms. The summed E-state index contributed by atoms with van der Waals surface area (Å²) in [6.45, 7) is 8.60. The van der Waals surface area contributed by atoms with Crippen molar-refractivity contribution >= 4 is 20.4 Å². The quantitative estimate of drug-likeness (QED) is 0.236. The molecule has 238 valence electrons. The van der Waals surface area contributed by atoms with Crippen LogP contribution in [0.3, 0.4) is 0 Å². The minimum Gasteiger partial charge on any atom is -0.198 e. The number of halogens is 12. The molecule has 0 saturated heterocycles. The predicted molar refractivity (Wildman–Crippen MR) is 130 cm³/mol. The second kappa shape index (κ2) is 9.43. The Morgan fingerprint density at radius 1 is 0.595 bits per heavy atom. The first-order chi connectivity index (χ1) is 18.4. The van der Waals surface area contributed by atoms with Gasteiger partial charge in [0.1, 0.15) is 0 Å². The summed E-state index contributed by atoms with van der Waals surface area (Å²) in [6.07, 6.45) is -7.34. The van der Waals surface area contributed by atoms with Crippen LogP contribution in [0.25, 0.3) is 11.1 Å². The molecule has 0 aliphatic carbocycles. The molecular weight excluding hydrogens is 640 g/mol. The molecule has 0 spiro atoms. The third-order valence-corrected chi connectivity index (χ3v) is 11.5. The molecule has 42 heavy (non-hydrogen) atoms. The van der Waals surface area contributed by atoms with Gasteiger partial charge in [-0.25, -0.2) is 0 Å². The number of hydrogen-bond acceptors (Lipinski definition) is 3. The summed E-state index contributed by atoms with van der Waals surface area (Å²) in [7, 11) is -13.8. The molecule has 0 fully saturated rings. The topological polar surface area (TPSA) is 43.4 Å². The van der Waals surface area contributed by atoms with E-state index >= 15 is 17.6 Å². The summed E-state index contributed by atoms with van der Waals surface area (Å²) >= 11 is 0. The Morgan fingerprint density at radius 2 is 0.952 bits per heavy atom. The molecule has 3 nitrogen and oxygen atoms in total. The second-order valence-corrected chi connectivity index (χ2v) is 16.0. The van der Waals surface area contributed by atoms with Crippen molar-refractivity contribution in [3.63, 3.8) is 0 Å². The van der Waals surface area contributed by atoms with Crippen molar-refractivity contribution in [1.29, 1.82) is 0 Å². The summed E-state index contributed by atoms with van der Waals surface area (Å²) in [5, 5.41) is -6.91. The van der Waals surface area contributed by atoms with E-state index < -0.39 is 81.0 Å². The molecule has 1 aliphatic rings. The minimum absolute atomic E-state index is 0.0864. The van der Waals surface area contributed by atoms with Crippen LogP contribution in [0.5, 0.6) is 0 Å². The lowest BCUT2D eigenvalue weighted by atomic mass is 9.85. The van der Waals surface area contributed by atoms with Crippen LogP contribution < -0.4 is 0 Å². The number of fused-ring (bicyclic) bond motifs is 3. The minimum atomic E-state index is -7.55. The van der Waals surface area contributed by atoms with E-state index in [2.05, 4.69) is 3.63 Å². The van der Waals surface area contributed by atoms with Gasteiger partial charge in [0.05, 0.1) is 0 Å². The molecule has 0 bridgehead atoms. The third kappa shape index (κ3) is 4.86. The summed E-state index contributed by atoms with van der Waals surface area (Å²) in [4.78, 5) is -2.79. The van der Waals surface area contributed by atoms with Gasteiger partial charge >= 0.3 is 38.9 Å². The Balaban J connectivity index is 2.68. The zero-order valence-corrected chi connectivity index (χ0v) is 24.2. The number of rotatable bonds is 5. The smallest absolute Gasteiger partial charge is 0.198 e. The van der Waals surface area contributed by atoms with Crippen molar-refractivity contribution in [3.05, 3.63) is 47.5 Å². The Hall–Kier alpha value is -2.14. The molecular formula is C25H24F12O3S2. The zero-order chi connectivity index (χ0) is 32.9. The van der Waals surface area contributed by atoms with Gasteiger partial charge in [0.25, 0.3) is 0 Å². The van der Waals surface area contributed by atoms with E-state index in [1.165, 1.54) is 53.7 Å². The summed E-state index contributed by atoms with van der Waals surface area (Å²) < 4.78 is 200. The van der Waals surface area contributed by atoms with Gasteiger partial charge in [0.15, 0.2) is 0 Å². The SMILES string of the molecule is CC(C)(C)c1ccc2c(c1)S(OS(=O)(=O)C(F)(F)F)(C(F)(F)C(F)(F)C(F)(F)C(F)(F)F)c1cc(C(C)(C)C)ccc1-2. The van der Waals surface area contributed by atoms with Gasteiger partial charge in [-0.3, -0.25) is 0 Å². The third-order valence-electron chi connectivity index (χ3n) is 6.56. The number of benzene rings is 2. The van der Waals surface area contributed by atoms with Gasteiger partial charge in [0.2, 0.25) is 0 Å². The van der Waals surface area contributed by atoms with E-state index in [-0.39, 0.29) is 11.1 Å². The maximum atomic E-state index is 16.3. The Kier molecular flexibility index (Phi) is 7.71. The fourth-order valence-electron chi connectivity index (χ4n) is 4.12. The van der Waals surface area contributed by atoms with E-state index in [4.69, 9.17) is 0 Å². The van der Waals surface area contributed by atoms with Crippen LogP contribution in [-0.2, 0) is 24.6 Å². The van der Waals surface area contributed by atoms with Crippen LogP contribution in [0.15, 0.2) is 46.2 Å². The number of hydrogen-bond donors (Lipinski definition) is 0. The Labute approximate surface area is 234 Å². The lowest BCUT2D eigenvalue weighted by Crippen LogP contribution is -2.62. The van der Waals surface area contributed by atoms with E-state index in [0.29, 0.717) is 12.1 Å². The van der Waals surface area contributed by atoms with E-state index in [1.54, 1.807) is 0 Å². The fraction of sp³-hybridized carbons (Fsp3) is 0.520. The highest BCUT2D eigenvalue weighted by Gasteiger charge is 2.87. The van der Waals surface area contributed by atoms with Gasteiger partial charge in [-0.05, 0) is 45.2 Å². The molecule has 0 aromatic heterocycles. The average molecular weight is 665 g/mol. The molecule has 0 atom stereocenters. The first kappa shape index (κ1) is 34.4. The lowest BCUT2D eigenvalue weighted by Gasteiger charge is -2.47. The fourth-order valence-corrected chi connectivity index (χ4v) is 9.27. The van der Waals surface area contributed by atoms with Crippen molar-refractivity contribution in [2.24, 2.45) is 0 Å². The molecule has 1 aliphatic heterocycles. The second-order valence-electron chi connectivity index (χ2n) is 11.6. The first-order valence-corrected chi connectivity index (χ1v) is 14.7. The van der Waals surface area contributed by atoms with Crippen LogP contribution in [0, 0.1) is 0 Å². The summed E-state index contributed by atoms with van der Waals surface area (Å²) in [6, 6.07) is 5.50. The monoisotopic (exact) mass is 664 g/mol. The molecule has 0 saturated carbocycles. The Morgan fingerprint density at radius 3 is 1.24 bits per heavy atom. The highest BCUT2D eigenvalue weighted by Crippen LogP contribution is 2.84. The highest BCUT2D eigenvalue weighted by atomic mass is 32.3. The van der Waals surface area contributed by atoms with Crippen molar-refractivity contribution in [3.8, 4) is 11.1 Å². The van der Waals surface area contributed by atoms with Gasteiger partial charge in [0, 0.05) is 20.1 Å². The van der Waals surface area contributed by atoms with Crippen LogP contribution in [-0.4, -0.2) is 37.2 Å². The molecule has 2 aromatic carbocycles. The van der Waals surface area contributed by atoms with Crippen molar-refractivity contribution in [2.75, 3.05) is 0 Å². The van der Waals surface area contributed by atoms with Crippen molar-refractivity contribution in [1.82, 2.24) is 0 Å². The van der Waals surface area contributed by atoms with E-state index in [1.807, 2.05) is 0 Å².